The molecule has 0 saturated heterocycles. The van der Waals surface area contributed by atoms with E-state index in [1.165, 1.54) is 11.9 Å². The minimum Gasteiger partial charge on any atom is -0.367 e. The Morgan fingerprint density at radius 3 is 2.60 bits per heavy atom. The van der Waals surface area contributed by atoms with Crippen LogP contribution in [0.2, 0.25) is 0 Å². The second-order valence-corrected chi connectivity index (χ2v) is 4.42. The average molecular weight is 266 g/mol. The van der Waals surface area contributed by atoms with Gasteiger partial charge in [0.05, 0.1) is 11.3 Å². The van der Waals surface area contributed by atoms with Crippen molar-refractivity contribution < 1.29 is 4.52 Å². The van der Waals surface area contributed by atoms with E-state index in [0.717, 1.165) is 12.0 Å². The van der Waals surface area contributed by atoms with Crippen LogP contribution in [0.5, 0.6) is 0 Å². The third-order valence-corrected chi connectivity index (χ3v) is 3.19. The summed E-state index contributed by atoms with van der Waals surface area (Å²) in [5.41, 5.74) is 10.2. The van der Waals surface area contributed by atoms with Gasteiger partial charge in [-0.05, 0) is 18.1 Å². The molecular weight excluding hydrogens is 252 g/mol. The highest BCUT2D eigenvalue weighted by molar-refractivity contribution is 5.84. The van der Waals surface area contributed by atoms with Crippen molar-refractivity contribution in [2.75, 3.05) is 5.73 Å². The molecular formula is C15H14N4O. The Labute approximate surface area is 116 Å². The summed E-state index contributed by atoms with van der Waals surface area (Å²) in [4.78, 5) is 8.12. The lowest BCUT2D eigenvalue weighted by atomic mass is 10.0. The number of anilines is 1. The van der Waals surface area contributed by atoms with Gasteiger partial charge in [0.1, 0.15) is 12.0 Å². The molecule has 0 radical (unpaired) electrons. The first kappa shape index (κ1) is 12.3. The number of aromatic nitrogens is 3. The summed E-state index contributed by atoms with van der Waals surface area (Å²) in [6, 6.07) is 9.96. The number of hydrogen-bond donors (Lipinski definition) is 1. The summed E-state index contributed by atoms with van der Waals surface area (Å²) in [5.74, 6) is 0.262. The number of aryl methyl sites for hydroxylation is 1. The minimum atomic E-state index is 0.262. The molecule has 0 aliphatic heterocycles. The van der Waals surface area contributed by atoms with Crippen molar-refractivity contribution in [2.45, 2.75) is 13.3 Å². The van der Waals surface area contributed by atoms with Crippen LogP contribution in [0.15, 0.2) is 47.4 Å². The summed E-state index contributed by atoms with van der Waals surface area (Å²) in [6.07, 6.45) is 4.14. The van der Waals surface area contributed by atoms with E-state index in [2.05, 4.69) is 34.2 Å². The highest BCUT2D eigenvalue weighted by atomic mass is 16.5. The molecule has 0 saturated carbocycles. The zero-order chi connectivity index (χ0) is 13.9. The second-order valence-electron chi connectivity index (χ2n) is 4.42. The molecule has 0 amide bonds. The molecule has 2 N–H and O–H groups in total. The molecule has 0 unspecified atom stereocenters. The topological polar surface area (TPSA) is 77.8 Å². The van der Waals surface area contributed by atoms with E-state index in [9.17, 15) is 0 Å². The van der Waals surface area contributed by atoms with E-state index in [1.54, 1.807) is 12.3 Å². The van der Waals surface area contributed by atoms with Gasteiger partial charge >= 0.3 is 0 Å². The fourth-order valence-electron chi connectivity index (χ4n) is 2.08. The minimum absolute atomic E-state index is 0.262. The molecule has 5 heteroatoms. The third-order valence-electron chi connectivity index (χ3n) is 3.19. The Morgan fingerprint density at radius 2 is 1.95 bits per heavy atom. The van der Waals surface area contributed by atoms with Crippen molar-refractivity contribution in [1.29, 1.82) is 0 Å². The molecule has 3 aromatic rings. The van der Waals surface area contributed by atoms with Crippen LogP contribution in [0.1, 0.15) is 12.5 Å². The van der Waals surface area contributed by atoms with Crippen LogP contribution in [0, 0.1) is 0 Å². The van der Waals surface area contributed by atoms with Crippen molar-refractivity contribution >= 4 is 5.88 Å². The van der Waals surface area contributed by atoms with E-state index in [0.29, 0.717) is 17.0 Å². The lowest BCUT2D eigenvalue weighted by molar-refractivity contribution is 0.439. The van der Waals surface area contributed by atoms with Gasteiger partial charge < -0.3 is 10.3 Å². The van der Waals surface area contributed by atoms with Crippen molar-refractivity contribution in [3.63, 3.8) is 0 Å². The van der Waals surface area contributed by atoms with E-state index < -0.39 is 0 Å². The Hall–Kier alpha value is -2.69. The van der Waals surface area contributed by atoms with Crippen molar-refractivity contribution in [2.24, 2.45) is 0 Å². The van der Waals surface area contributed by atoms with Crippen LogP contribution in [0.3, 0.4) is 0 Å². The van der Waals surface area contributed by atoms with Gasteiger partial charge in [0.2, 0.25) is 5.88 Å². The summed E-state index contributed by atoms with van der Waals surface area (Å²) < 4.78 is 5.13. The summed E-state index contributed by atoms with van der Waals surface area (Å²) in [6.45, 7) is 2.12. The normalized spacial score (nSPS) is 10.7. The van der Waals surface area contributed by atoms with Crippen molar-refractivity contribution in [3.05, 3.63) is 48.4 Å². The number of benzene rings is 1. The first-order chi connectivity index (χ1) is 9.79. The number of nitrogens with two attached hydrogens (primary N) is 1. The maximum absolute atomic E-state index is 5.88. The molecule has 3 rings (SSSR count). The van der Waals surface area contributed by atoms with E-state index in [1.807, 2.05) is 12.1 Å². The van der Waals surface area contributed by atoms with Gasteiger partial charge in [-0.1, -0.05) is 36.3 Å². The maximum Gasteiger partial charge on any atom is 0.232 e. The van der Waals surface area contributed by atoms with Gasteiger partial charge in [-0.25, -0.2) is 9.97 Å². The predicted octanol–water partition coefficient (Wildman–Crippen LogP) is 2.94. The fourth-order valence-corrected chi connectivity index (χ4v) is 2.08. The predicted molar refractivity (Wildman–Crippen MR) is 76.8 cm³/mol. The monoisotopic (exact) mass is 266 g/mol. The van der Waals surface area contributed by atoms with Crippen molar-refractivity contribution in [1.82, 2.24) is 15.1 Å². The molecule has 100 valence electrons. The number of nitrogens with zero attached hydrogens (tertiary/aromatic N) is 3. The molecule has 2 heterocycles. The first-order valence-corrected chi connectivity index (χ1v) is 6.40. The zero-order valence-electron chi connectivity index (χ0n) is 11.1. The first-order valence-electron chi connectivity index (χ1n) is 6.40. The standard InChI is InChI=1S/C15H14N4O/c1-2-10-3-5-11(6-4-10)14-13(15(16)20-19-14)12-7-8-17-9-18-12/h3-9H,2,16H2,1H3. The molecule has 0 spiro atoms. The van der Waals surface area contributed by atoms with Gasteiger partial charge in [-0.3, -0.25) is 0 Å². The van der Waals surface area contributed by atoms with Gasteiger partial charge in [-0.2, -0.15) is 0 Å². The quantitative estimate of drug-likeness (QED) is 0.788. The molecule has 0 bridgehead atoms. The van der Waals surface area contributed by atoms with E-state index in [-0.39, 0.29) is 5.88 Å². The lowest BCUT2D eigenvalue weighted by Crippen LogP contribution is -1.91. The van der Waals surface area contributed by atoms with Crippen molar-refractivity contribution in [3.8, 4) is 22.5 Å². The molecule has 1 aromatic carbocycles. The lowest BCUT2D eigenvalue weighted by Gasteiger charge is -2.02. The molecule has 2 aromatic heterocycles. The van der Waals surface area contributed by atoms with E-state index >= 15 is 0 Å². The van der Waals surface area contributed by atoms with Crippen LogP contribution < -0.4 is 5.73 Å². The smallest absolute Gasteiger partial charge is 0.232 e. The van der Waals surface area contributed by atoms with Crippen LogP contribution in [0.4, 0.5) is 5.88 Å². The summed E-state index contributed by atoms with van der Waals surface area (Å²) in [5, 5.41) is 4.06. The van der Waals surface area contributed by atoms with Crippen LogP contribution in [-0.4, -0.2) is 15.1 Å². The molecule has 20 heavy (non-hydrogen) atoms. The number of rotatable bonds is 3. The van der Waals surface area contributed by atoms with Crippen LogP contribution in [-0.2, 0) is 6.42 Å². The Balaban J connectivity index is 2.11. The Kier molecular flexibility index (Phi) is 3.16. The molecule has 0 fully saturated rings. The Bertz CT molecular complexity index is 704. The SMILES string of the molecule is CCc1ccc(-c2noc(N)c2-c2ccncn2)cc1. The highest BCUT2D eigenvalue weighted by Gasteiger charge is 2.18. The molecule has 5 nitrogen and oxygen atoms in total. The maximum atomic E-state index is 5.88. The van der Waals surface area contributed by atoms with Crippen LogP contribution >= 0.6 is 0 Å². The van der Waals surface area contributed by atoms with Crippen LogP contribution in [0.25, 0.3) is 22.5 Å². The number of hydrogen-bond acceptors (Lipinski definition) is 5. The van der Waals surface area contributed by atoms with Gasteiger partial charge in [0, 0.05) is 11.8 Å². The van der Waals surface area contributed by atoms with E-state index in [4.69, 9.17) is 10.3 Å². The van der Waals surface area contributed by atoms with Gasteiger partial charge in [0.15, 0.2) is 0 Å². The largest absolute Gasteiger partial charge is 0.367 e. The molecule has 0 aliphatic rings. The van der Waals surface area contributed by atoms with Gasteiger partial charge in [0.25, 0.3) is 0 Å². The molecule has 0 atom stereocenters. The Morgan fingerprint density at radius 1 is 1.15 bits per heavy atom. The third kappa shape index (κ3) is 2.14. The number of nitrogen functional groups attached to an aromatic ring is 1. The zero-order valence-corrected chi connectivity index (χ0v) is 11.1. The summed E-state index contributed by atoms with van der Waals surface area (Å²) in [7, 11) is 0. The average Bonchev–Trinajstić information content (AvgIpc) is 2.90. The fraction of sp³-hybridized carbons (Fsp3) is 0.133. The summed E-state index contributed by atoms with van der Waals surface area (Å²) >= 11 is 0. The second kappa shape index (κ2) is 5.13. The highest BCUT2D eigenvalue weighted by Crippen LogP contribution is 2.34. The van der Waals surface area contributed by atoms with Gasteiger partial charge in [-0.15, -0.1) is 0 Å². The molecule has 0 aliphatic carbocycles.